The molecule has 0 bridgehead atoms. The second kappa shape index (κ2) is 8.96. The van der Waals surface area contributed by atoms with Gasteiger partial charge >= 0.3 is 0 Å². The van der Waals surface area contributed by atoms with Crippen LogP contribution in [0.4, 0.5) is 10.1 Å². The average molecular weight is 428 g/mol. The molecule has 0 saturated heterocycles. The summed E-state index contributed by atoms with van der Waals surface area (Å²) in [4.78, 5) is 14.3. The van der Waals surface area contributed by atoms with Gasteiger partial charge in [-0.3, -0.25) is 9.52 Å². The first-order valence-corrected chi connectivity index (χ1v) is 10.5. The number of carbonyl (C=O) groups excluding carboxylic acids is 1. The normalized spacial score (nSPS) is 11.0. The molecule has 8 heteroatoms. The van der Waals surface area contributed by atoms with Crippen LogP contribution in [-0.2, 0) is 16.6 Å². The summed E-state index contributed by atoms with van der Waals surface area (Å²) in [5.41, 5.74) is 1.29. The quantitative estimate of drug-likeness (QED) is 0.619. The number of hydrogen-bond donors (Lipinski definition) is 1. The molecular formula is C22H21FN2O4S. The van der Waals surface area contributed by atoms with Gasteiger partial charge in [0.1, 0.15) is 11.6 Å². The van der Waals surface area contributed by atoms with Crippen molar-refractivity contribution >= 4 is 21.6 Å². The molecule has 1 N–H and O–H groups in total. The minimum atomic E-state index is -3.94. The van der Waals surface area contributed by atoms with E-state index in [0.29, 0.717) is 12.3 Å². The van der Waals surface area contributed by atoms with Crippen molar-refractivity contribution in [3.63, 3.8) is 0 Å². The number of rotatable bonds is 7. The maximum absolute atomic E-state index is 13.0. The highest BCUT2D eigenvalue weighted by Gasteiger charge is 2.19. The van der Waals surface area contributed by atoms with E-state index in [-0.39, 0.29) is 22.1 Å². The fraction of sp³-hybridized carbons (Fsp3) is 0.136. The van der Waals surface area contributed by atoms with E-state index in [0.717, 1.165) is 17.7 Å². The van der Waals surface area contributed by atoms with Crippen LogP contribution in [0.3, 0.4) is 0 Å². The third-order valence-electron chi connectivity index (χ3n) is 4.43. The molecule has 156 valence electrons. The van der Waals surface area contributed by atoms with Gasteiger partial charge in [-0.05, 0) is 48.5 Å². The molecule has 0 aliphatic carbocycles. The number of halogens is 1. The Bertz CT molecular complexity index is 1150. The number of sulfonamides is 1. The zero-order chi connectivity index (χ0) is 21.7. The van der Waals surface area contributed by atoms with Crippen LogP contribution in [0.2, 0.25) is 0 Å². The minimum absolute atomic E-state index is 0.0663. The van der Waals surface area contributed by atoms with E-state index < -0.39 is 15.8 Å². The number of para-hydroxylation sites is 1. The van der Waals surface area contributed by atoms with Crippen LogP contribution in [0, 0.1) is 5.82 Å². The third-order valence-corrected chi connectivity index (χ3v) is 5.81. The third kappa shape index (κ3) is 4.96. The zero-order valence-corrected chi connectivity index (χ0v) is 17.3. The van der Waals surface area contributed by atoms with Crippen LogP contribution in [0.25, 0.3) is 0 Å². The molecule has 0 atom stereocenters. The Morgan fingerprint density at radius 3 is 2.43 bits per heavy atom. The SMILES string of the molecule is COc1ccccc1CN(C)C(=O)c1cccc(S(=O)(=O)Nc2ccc(F)cc2)c1. The largest absolute Gasteiger partial charge is 0.496 e. The molecule has 0 fully saturated rings. The lowest BCUT2D eigenvalue weighted by Gasteiger charge is -2.19. The van der Waals surface area contributed by atoms with Crippen molar-refractivity contribution in [1.29, 1.82) is 0 Å². The summed E-state index contributed by atoms with van der Waals surface area (Å²) in [5.74, 6) is -0.139. The molecule has 0 aliphatic heterocycles. The molecule has 3 aromatic rings. The fourth-order valence-electron chi connectivity index (χ4n) is 2.91. The molecule has 0 radical (unpaired) electrons. The zero-order valence-electron chi connectivity index (χ0n) is 16.5. The van der Waals surface area contributed by atoms with Crippen molar-refractivity contribution in [1.82, 2.24) is 4.90 Å². The van der Waals surface area contributed by atoms with E-state index in [9.17, 15) is 17.6 Å². The summed E-state index contributed by atoms with van der Waals surface area (Å²) >= 11 is 0. The van der Waals surface area contributed by atoms with E-state index in [1.807, 2.05) is 24.3 Å². The van der Waals surface area contributed by atoms with Gasteiger partial charge in [-0.2, -0.15) is 0 Å². The van der Waals surface area contributed by atoms with Crippen LogP contribution < -0.4 is 9.46 Å². The molecule has 3 aromatic carbocycles. The highest BCUT2D eigenvalue weighted by atomic mass is 32.2. The fourth-order valence-corrected chi connectivity index (χ4v) is 4.01. The second-order valence-corrected chi connectivity index (χ2v) is 8.30. The molecule has 0 heterocycles. The van der Waals surface area contributed by atoms with Gasteiger partial charge in [0.15, 0.2) is 0 Å². The Morgan fingerprint density at radius 2 is 1.73 bits per heavy atom. The van der Waals surface area contributed by atoms with Crippen LogP contribution in [-0.4, -0.2) is 33.4 Å². The van der Waals surface area contributed by atoms with Gasteiger partial charge in [-0.25, -0.2) is 12.8 Å². The number of benzene rings is 3. The van der Waals surface area contributed by atoms with Crippen LogP contribution >= 0.6 is 0 Å². The molecule has 3 rings (SSSR count). The molecule has 6 nitrogen and oxygen atoms in total. The van der Waals surface area contributed by atoms with Crippen LogP contribution in [0.1, 0.15) is 15.9 Å². The predicted molar refractivity (Wildman–Crippen MR) is 112 cm³/mol. The maximum atomic E-state index is 13.0. The van der Waals surface area contributed by atoms with Crippen molar-refractivity contribution in [3.8, 4) is 5.75 Å². The second-order valence-electron chi connectivity index (χ2n) is 6.61. The summed E-state index contributed by atoms with van der Waals surface area (Å²) in [7, 11) is -0.750. The van der Waals surface area contributed by atoms with Crippen molar-refractivity contribution in [2.75, 3.05) is 18.9 Å². The van der Waals surface area contributed by atoms with Crippen molar-refractivity contribution in [2.24, 2.45) is 0 Å². The summed E-state index contributed by atoms with van der Waals surface area (Å²) in [5, 5.41) is 0. The molecular weight excluding hydrogens is 407 g/mol. The highest BCUT2D eigenvalue weighted by molar-refractivity contribution is 7.92. The van der Waals surface area contributed by atoms with Crippen molar-refractivity contribution < 1.29 is 22.3 Å². The number of methoxy groups -OCH3 is 1. The Hall–Kier alpha value is -3.39. The van der Waals surface area contributed by atoms with E-state index in [2.05, 4.69) is 4.72 Å². The van der Waals surface area contributed by atoms with Crippen LogP contribution in [0.5, 0.6) is 5.75 Å². The monoisotopic (exact) mass is 428 g/mol. The first-order valence-electron chi connectivity index (χ1n) is 9.06. The molecule has 0 unspecified atom stereocenters. The number of nitrogens with zero attached hydrogens (tertiary/aromatic N) is 1. The smallest absolute Gasteiger partial charge is 0.261 e. The van der Waals surface area contributed by atoms with Gasteiger partial charge in [0.25, 0.3) is 15.9 Å². The topological polar surface area (TPSA) is 75.7 Å². The van der Waals surface area contributed by atoms with E-state index in [1.165, 1.54) is 35.2 Å². The van der Waals surface area contributed by atoms with Crippen LogP contribution in [0.15, 0.2) is 77.7 Å². The Balaban J connectivity index is 1.79. The van der Waals surface area contributed by atoms with Gasteiger partial charge in [0.05, 0.1) is 12.0 Å². The summed E-state index contributed by atoms with van der Waals surface area (Å²) in [6.45, 7) is 0.299. The lowest BCUT2D eigenvalue weighted by Crippen LogP contribution is -2.26. The Labute approximate surface area is 175 Å². The first-order chi connectivity index (χ1) is 14.3. The summed E-state index contributed by atoms with van der Waals surface area (Å²) in [6, 6.07) is 18.1. The molecule has 0 saturated carbocycles. The molecule has 30 heavy (non-hydrogen) atoms. The molecule has 0 spiro atoms. The summed E-state index contributed by atoms with van der Waals surface area (Å²) < 4.78 is 46.0. The standard InChI is InChI=1S/C22H21FN2O4S/c1-25(15-17-6-3-4-9-21(17)29-2)22(26)16-7-5-8-20(14-16)30(27,28)24-19-12-10-18(23)11-13-19/h3-14,24H,15H2,1-2H3. The first kappa shape index (κ1) is 21.3. The van der Waals surface area contributed by atoms with E-state index >= 15 is 0 Å². The summed E-state index contributed by atoms with van der Waals surface area (Å²) in [6.07, 6.45) is 0. The lowest BCUT2D eigenvalue weighted by atomic mass is 10.1. The number of ether oxygens (including phenoxy) is 1. The number of anilines is 1. The number of nitrogens with one attached hydrogen (secondary N) is 1. The minimum Gasteiger partial charge on any atom is -0.496 e. The van der Waals surface area contributed by atoms with E-state index in [4.69, 9.17) is 4.74 Å². The molecule has 0 aliphatic rings. The Kier molecular flexibility index (Phi) is 6.37. The number of amides is 1. The number of hydrogen-bond acceptors (Lipinski definition) is 4. The van der Waals surface area contributed by atoms with Gasteiger partial charge in [-0.15, -0.1) is 0 Å². The van der Waals surface area contributed by atoms with Gasteiger partial charge < -0.3 is 9.64 Å². The van der Waals surface area contributed by atoms with E-state index in [1.54, 1.807) is 20.2 Å². The van der Waals surface area contributed by atoms with Gasteiger partial charge in [-0.1, -0.05) is 24.3 Å². The maximum Gasteiger partial charge on any atom is 0.261 e. The van der Waals surface area contributed by atoms with Crippen molar-refractivity contribution in [3.05, 3.63) is 89.7 Å². The Morgan fingerprint density at radius 1 is 1.03 bits per heavy atom. The van der Waals surface area contributed by atoms with Gasteiger partial charge in [0, 0.05) is 30.4 Å². The highest BCUT2D eigenvalue weighted by Crippen LogP contribution is 2.21. The molecule has 0 aromatic heterocycles. The molecule has 1 amide bonds. The predicted octanol–water partition coefficient (Wildman–Crippen LogP) is 3.91. The van der Waals surface area contributed by atoms with Gasteiger partial charge in [0.2, 0.25) is 0 Å². The average Bonchev–Trinajstić information content (AvgIpc) is 2.75. The van der Waals surface area contributed by atoms with Crippen molar-refractivity contribution in [2.45, 2.75) is 11.4 Å². The lowest BCUT2D eigenvalue weighted by molar-refractivity contribution is 0.0784. The number of carbonyl (C=O) groups is 1.